The van der Waals surface area contributed by atoms with Gasteiger partial charge in [-0.1, -0.05) is 36.0 Å². The number of hydrogen-bond donors (Lipinski definition) is 2. The summed E-state index contributed by atoms with van der Waals surface area (Å²) >= 11 is 1.14. The van der Waals surface area contributed by atoms with Crippen molar-refractivity contribution in [1.29, 1.82) is 0 Å². The summed E-state index contributed by atoms with van der Waals surface area (Å²) in [6.45, 7) is 0. The number of benzene rings is 2. The minimum Gasteiger partial charge on any atom is -0.495 e. The van der Waals surface area contributed by atoms with Crippen LogP contribution in [0.5, 0.6) is 5.75 Å². The van der Waals surface area contributed by atoms with Crippen molar-refractivity contribution in [3.63, 3.8) is 0 Å². The standard InChI is InChI=1S/C19H16N6O3S/c1-28-15-9-5-4-8-14(15)25-17(27)12-6-2-3-7-13(12)22-19(25)29-10-16(26)23-18-20-11-21-24-18/h2-9,11H,10H2,1H3,(H2,20,21,23,24,26). The molecule has 0 atom stereocenters. The lowest BCUT2D eigenvalue weighted by atomic mass is 10.2. The molecule has 0 saturated heterocycles. The summed E-state index contributed by atoms with van der Waals surface area (Å²) < 4.78 is 6.89. The zero-order chi connectivity index (χ0) is 20.2. The smallest absolute Gasteiger partial charge is 0.266 e. The fourth-order valence-electron chi connectivity index (χ4n) is 2.80. The number of para-hydroxylation sites is 3. The quantitative estimate of drug-likeness (QED) is 0.371. The van der Waals surface area contributed by atoms with Crippen molar-refractivity contribution < 1.29 is 9.53 Å². The van der Waals surface area contributed by atoms with Crippen molar-refractivity contribution >= 4 is 34.5 Å². The van der Waals surface area contributed by atoms with Gasteiger partial charge >= 0.3 is 0 Å². The van der Waals surface area contributed by atoms with E-state index in [1.807, 2.05) is 18.2 Å². The molecule has 2 aromatic heterocycles. The second-order valence-electron chi connectivity index (χ2n) is 5.89. The maximum atomic E-state index is 13.2. The topological polar surface area (TPSA) is 115 Å². The lowest BCUT2D eigenvalue weighted by Gasteiger charge is -2.15. The fourth-order valence-corrected chi connectivity index (χ4v) is 3.61. The van der Waals surface area contributed by atoms with Gasteiger partial charge in [-0.05, 0) is 24.3 Å². The average Bonchev–Trinajstić information content (AvgIpc) is 3.25. The molecule has 2 aromatic carbocycles. The number of H-pyrrole nitrogens is 1. The van der Waals surface area contributed by atoms with E-state index in [1.54, 1.807) is 30.3 Å². The van der Waals surface area contributed by atoms with Crippen molar-refractivity contribution in [2.45, 2.75) is 5.16 Å². The maximum absolute atomic E-state index is 13.2. The first-order valence-electron chi connectivity index (χ1n) is 8.60. The fraction of sp³-hybridized carbons (Fsp3) is 0.105. The van der Waals surface area contributed by atoms with Gasteiger partial charge in [0.2, 0.25) is 11.9 Å². The summed E-state index contributed by atoms with van der Waals surface area (Å²) in [6, 6.07) is 14.3. The Hall–Kier alpha value is -3.66. The van der Waals surface area contributed by atoms with E-state index >= 15 is 0 Å². The highest BCUT2D eigenvalue weighted by molar-refractivity contribution is 7.99. The molecule has 2 heterocycles. The highest BCUT2D eigenvalue weighted by Crippen LogP contribution is 2.27. The highest BCUT2D eigenvalue weighted by atomic mass is 32.2. The molecule has 146 valence electrons. The molecule has 0 aliphatic carbocycles. The van der Waals surface area contributed by atoms with E-state index in [9.17, 15) is 9.59 Å². The van der Waals surface area contributed by atoms with Crippen molar-refractivity contribution in [3.8, 4) is 11.4 Å². The van der Waals surface area contributed by atoms with E-state index in [4.69, 9.17) is 4.74 Å². The van der Waals surface area contributed by atoms with Crippen LogP contribution < -0.4 is 15.6 Å². The molecule has 29 heavy (non-hydrogen) atoms. The number of anilines is 1. The molecular weight excluding hydrogens is 392 g/mol. The molecule has 9 nitrogen and oxygen atoms in total. The van der Waals surface area contributed by atoms with E-state index in [0.717, 1.165) is 11.8 Å². The van der Waals surface area contributed by atoms with Gasteiger partial charge in [0.25, 0.3) is 5.56 Å². The average molecular weight is 408 g/mol. The second kappa shape index (κ2) is 8.15. The van der Waals surface area contributed by atoms with E-state index in [2.05, 4.69) is 25.5 Å². The van der Waals surface area contributed by atoms with Crippen LogP contribution in [0.2, 0.25) is 0 Å². The molecule has 2 N–H and O–H groups in total. The molecule has 0 spiro atoms. The predicted octanol–water partition coefficient (Wildman–Crippen LogP) is 2.24. The van der Waals surface area contributed by atoms with Crippen LogP contribution in [0.3, 0.4) is 0 Å². The first kappa shape index (κ1) is 18.7. The number of methoxy groups -OCH3 is 1. The first-order chi connectivity index (χ1) is 14.2. The summed E-state index contributed by atoms with van der Waals surface area (Å²) in [4.78, 5) is 34.0. The molecule has 4 aromatic rings. The van der Waals surface area contributed by atoms with Crippen LogP contribution in [0.4, 0.5) is 5.95 Å². The molecule has 0 aliphatic heterocycles. The molecule has 4 rings (SSSR count). The summed E-state index contributed by atoms with van der Waals surface area (Å²) in [5, 5.41) is 9.70. The number of fused-ring (bicyclic) bond motifs is 1. The number of aromatic nitrogens is 5. The molecule has 0 radical (unpaired) electrons. The van der Waals surface area contributed by atoms with Gasteiger partial charge in [-0.2, -0.15) is 10.1 Å². The lowest BCUT2D eigenvalue weighted by Crippen LogP contribution is -2.23. The third kappa shape index (κ3) is 3.83. The minimum atomic E-state index is -0.305. The zero-order valence-electron chi connectivity index (χ0n) is 15.3. The molecule has 0 unspecified atom stereocenters. The Morgan fingerprint density at radius 2 is 2.00 bits per heavy atom. The number of aromatic amines is 1. The number of rotatable bonds is 6. The minimum absolute atomic E-state index is 0.0284. The molecule has 1 amide bonds. The number of carbonyl (C=O) groups excluding carboxylic acids is 1. The van der Waals surface area contributed by atoms with E-state index in [-0.39, 0.29) is 23.2 Å². The van der Waals surface area contributed by atoms with Crippen molar-refractivity contribution in [3.05, 3.63) is 65.2 Å². The number of ether oxygens (including phenoxy) is 1. The summed E-state index contributed by atoms with van der Waals surface area (Å²) in [7, 11) is 1.54. The third-order valence-corrected chi connectivity index (χ3v) is 5.01. The number of thioether (sulfide) groups is 1. The summed E-state index contributed by atoms with van der Waals surface area (Å²) in [5.74, 6) is 0.505. The van der Waals surface area contributed by atoms with Gasteiger partial charge in [0.1, 0.15) is 12.1 Å². The first-order valence-corrected chi connectivity index (χ1v) is 9.59. The van der Waals surface area contributed by atoms with Gasteiger partial charge in [0.05, 0.1) is 29.5 Å². The Labute approximate surface area is 169 Å². The highest BCUT2D eigenvalue weighted by Gasteiger charge is 2.17. The van der Waals surface area contributed by atoms with Gasteiger partial charge in [0, 0.05) is 0 Å². The van der Waals surface area contributed by atoms with E-state index in [0.29, 0.717) is 27.5 Å². The lowest BCUT2D eigenvalue weighted by molar-refractivity contribution is -0.113. The largest absolute Gasteiger partial charge is 0.495 e. The maximum Gasteiger partial charge on any atom is 0.266 e. The molecular formula is C19H16N6O3S. The Morgan fingerprint density at radius 3 is 2.79 bits per heavy atom. The summed E-state index contributed by atoms with van der Waals surface area (Å²) in [6.07, 6.45) is 1.30. The van der Waals surface area contributed by atoms with Crippen molar-refractivity contribution in [2.24, 2.45) is 0 Å². The number of amides is 1. The summed E-state index contributed by atoms with van der Waals surface area (Å²) in [5.41, 5.74) is 0.872. The molecule has 10 heteroatoms. The van der Waals surface area contributed by atoms with Crippen LogP contribution in [-0.4, -0.2) is 43.5 Å². The molecule has 0 saturated carbocycles. The number of hydrogen-bond acceptors (Lipinski definition) is 7. The zero-order valence-corrected chi connectivity index (χ0v) is 16.1. The number of nitrogens with one attached hydrogen (secondary N) is 2. The van der Waals surface area contributed by atoms with Crippen LogP contribution in [0.25, 0.3) is 16.6 Å². The third-order valence-electron chi connectivity index (χ3n) is 4.08. The normalized spacial score (nSPS) is 10.8. The monoisotopic (exact) mass is 408 g/mol. The SMILES string of the molecule is COc1ccccc1-n1c(SCC(=O)Nc2ncn[nH]2)nc2ccccc2c1=O. The van der Waals surface area contributed by atoms with Gasteiger partial charge in [-0.3, -0.25) is 19.5 Å². The molecule has 0 fully saturated rings. The Bertz CT molecular complexity index is 1220. The van der Waals surface area contributed by atoms with Gasteiger partial charge in [-0.25, -0.2) is 10.1 Å². The molecule has 0 bridgehead atoms. The van der Waals surface area contributed by atoms with E-state index in [1.165, 1.54) is 18.0 Å². The molecule has 0 aliphatic rings. The van der Waals surface area contributed by atoms with Gasteiger partial charge in [0.15, 0.2) is 5.16 Å². The van der Waals surface area contributed by atoms with Crippen molar-refractivity contribution in [2.75, 3.05) is 18.2 Å². The van der Waals surface area contributed by atoms with Crippen LogP contribution in [-0.2, 0) is 4.79 Å². The van der Waals surface area contributed by atoms with Crippen molar-refractivity contribution in [1.82, 2.24) is 24.7 Å². The van der Waals surface area contributed by atoms with Crippen LogP contribution in [0.15, 0.2) is 64.8 Å². The number of nitrogens with zero attached hydrogens (tertiary/aromatic N) is 4. The predicted molar refractivity (Wildman–Crippen MR) is 110 cm³/mol. The second-order valence-corrected chi connectivity index (χ2v) is 6.84. The Balaban J connectivity index is 1.75. The van der Waals surface area contributed by atoms with E-state index < -0.39 is 0 Å². The van der Waals surface area contributed by atoms with Crippen LogP contribution >= 0.6 is 11.8 Å². The Morgan fingerprint density at radius 1 is 1.21 bits per heavy atom. The number of carbonyl (C=O) groups is 1. The van der Waals surface area contributed by atoms with Gasteiger partial charge in [-0.15, -0.1) is 0 Å². The van der Waals surface area contributed by atoms with Crippen LogP contribution in [0, 0.1) is 0 Å². The van der Waals surface area contributed by atoms with Crippen LogP contribution in [0.1, 0.15) is 0 Å². The Kier molecular flexibility index (Phi) is 5.25. The van der Waals surface area contributed by atoms with Gasteiger partial charge < -0.3 is 4.74 Å².